The third-order valence-corrected chi connectivity index (χ3v) is 10.0. The van der Waals surface area contributed by atoms with Gasteiger partial charge in [0.1, 0.15) is 5.75 Å². The first-order valence-corrected chi connectivity index (χ1v) is 19.3. The molecule has 0 fully saturated rings. The van der Waals surface area contributed by atoms with Crippen molar-refractivity contribution in [1.82, 2.24) is 5.09 Å². The molecule has 3 aromatic rings. The summed E-state index contributed by atoms with van der Waals surface area (Å²) in [7, 11) is -3.95. The molecule has 4 N–H and O–H groups in total. The van der Waals surface area contributed by atoms with Crippen LogP contribution in [0.25, 0.3) is 0 Å². The number of benzene rings is 3. The van der Waals surface area contributed by atoms with Crippen LogP contribution in [0.3, 0.4) is 0 Å². The van der Waals surface area contributed by atoms with Crippen LogP contribution < -0.4 is 15.3 Å². The number of aryl methyl sites for hydroxylation is 2. The quantitative estimate of drug-likeness (QED) is 0.0581. The van der Waals surface area contributed by atoms with E-state index in [0.29, 0.717) is 38.2 Å². The Labute approximate surface area is 284 Å². The van der Waals surface area contributed by atoms with E-state index in [2.05, 4.69) is 43.2 Å². The predicted octanol–water partition coefficient (Wildman–Crippen LogP) is 8.82. The van der Waals surface area contributed by atoms with E-state index in [1.807, 2.05) is 48.5 Å². The zero-order chi connectivity index (χ0) is 33.6. The topological polar surface area (TPSA) is 103 Å². The third kappa shape index (κ3) is 16.0. The summed E-state index contributed by atoms with van der Waals surface area (Å²) in [6.45, 7) is 4.91. The molecule has 0 amide bonds. The first-order chi connectivity index (χ1) is 22.9. The van der Waals surface area contributed by atoms with Gasteiger partial charge in [0, 0.05) is 12.6 Å². The molecule has 0 heterocycles. The zero-order valence-electron chi connectivity index (χ0n) is 28.8. The summed E-state index contributed by atoms with van der Waals surface area (Å²) in [5.74, 6) is 0.415. The molecule has 0 aromatic heterocycles. The molecule has 2 unspecified atom stereocenters. The highest BCUT2D eigenvalue weighted by Crippen LogP contribution is 2.46. The Balaban J connectivity index is 1.64. The molecule has 0 saturated carbocycles. The van der Waals surface area contributed by atoms with Gasteiger partial charge in [0.15, 0.2) is 0 Å². The van der Waals surface area contributed by atoms with Gasteiger partial charge >= 0.3 is 7.75 Å². The maximum atomic E-state index is 14.4. The van der Waals surface area contributed by atoms with Crippen molar-refractivity contribution in [2.24, 2.45) is 5.73 Å². The van der Waals surface area contributed by atoms with Gasteiger partial charge in [0.05, 0.1) is 25.4 Å². The maximum Gasteiger partial charge on any atom is 0.459 e. The van der Waals surface area contributed by atoms with E-state index in [4.69, 9.17) is 19.5 Å². The van der Waals surface area contributed by atoms with Crippen LogP contribution in [0.2, 0.25) is 0 Å². The molecule has 0 radical (unpaired) electrons. The average molecular weight is 667 g/mol. The average Bonchev–Trinajstić information content (AvgIpc) is 3.09. The van der Waals surface area contributed by atoms with E-state index < -0.39 is 13.3 Å². The lowest BCUT2D eigenvalue weighted by Crippen LogP contribution is -2.49. The van der Waals surface area contributed by atoms with Gasteiger partial charge in [-0.1, -0.05) is 132 Å². The minimum Gasteiger partial charge on any atom is -0.413 e. The molecule has 260 valence electrons. The van der Waals surface area contributed by atoms with Gasteiger partial charge in [-0.05, 0) is 67.3 Å². The molecule has 47 heavy (non-hydrogen) atoms. The number of nitrogens with two attached hydrogens (primary N) is 1. The van der Waals surface area contributed by atoms with E-state index in [1.54, 1.807) is 12.1 Å². The second kappa shape index (κ2) is 22.2. The van der Waals surface area contributed by atoms with Gasteiger partial charge in [0.2, 0.25) is 0 Å². The van der Waals surface area contributed by atoms with Crippen molar-refractivity contribution in [3.05, 3.63) is 102 Å². The van der Waals surface area contributed by atoms with Crippen molar-refractivity contribution in [2.75, 3.05) is 26.4 Å². The second-order valence-electron chi connectivity index (χ2n) is 12.8. The normalized spacial score (nSPS) is 14.7. The Morgan fingerprint density at radius 1 is 0.766 bits per heavy atom. The molecule has 3 aromatic carbocycles. The largest absolute Gasteiger partial charge is 0.459 e. The van der Waals surface area contributed by atoms with Crippen molar-refractivity contribution < 1.29 is 23.5 Å². The third-order valence-electron chi connectivity index (χ3n) is 8.44. The minimum absolute atomic E-state index is 0.147. The molecule has 0 aliphatic carbocycles. The van der Waals surface area contributed by atoms with Crippen LogP contribution in [0, 0.1) is 0 Å². The molecular formula is C39H59N2O5P. The van der Waals surface area contributed by atoms with Crippen LogP contribution in [0.1, 0.15) is 94.7 Å². The fraction of sp³-hybridized carbons (Fsp3) is 0.538. The second-order valence-corrected chi connectivity index (χ2v) is 14.5. The number of nitrogens with one attached hydrogen (secondary N) is 1. The predicted molar refractivity (Wildman–Crippen MR) is 194 cm³/mol. The highest BCUT2D eigenvalue weighted by molar-refractivity contribution is 7.52. The number of unbranched alkanes of at least 4 members (excludes halogenated alkanes) is 7. The number of para-hydroxylation sites is 1. The van der Waals surface area contributed by atoms with Crippen LogP contribution >= 0.6 is 7.75 Å². The Hall–Kier alpha value is -2.51. The summed E-state index contributed by atoms with van der Waals surface area (Å²) in [6.07, 6.45) is 13.7. The minimum atomic E-state index is -3.95. The van der Waals surface area contributed by atoms with Gasteiger partial charge in [0.25, 0.3) is 0 Å². The Kier molecular flexibility index (Phi) is 18.4. The van der Waals surface area contributed by atoms with Crippen LogP contribution in [0.4, 0.5) is 0 Å². The molecule has 3 atom stereocenters. The van der Waals surface area contributed by atoms with E-state index in [0.717, 1.165) is 36.8 Å². The fourth-order valence-electron chi connectivity index (χ4n) is 5.44. The summed E-state index contributed by atoms with van der Waals surface area (Å²) in [4.78, 5) is 0. The van der Waals surface area contributed by atoms with Gasteiger partial charge in [-0.15, -0.1) is 0 Å². The number of hydrogen-bond donors (Lipinski definition) is 3. The Morgan fingerprint density at radius 2 is 1.36 bits per heavy atom. The molecule has 0 aliphatic rings. The van der Waals surface area contributed by atoms with E-state index in [9.17, 15) is 9.67 Å². The van der Waals surface area contributed by atoms with Gasteiger partial charge < -0.3 is 20.1 Å². The van der Waals surface area contributed by atoms with Gasteiger partial charge in [-0.2, -0.15) is 0 Å². The molecule has 0 saturated heterocycles. The summed E-state index contributed by atoms with van der Waals surface area (Å²) < 4.78 is 32.5. The molecule has 0 aliphatic heterocycles. The molecule has 8 heteroatoms. The standard InChI is InChI=1S/C39H59N2O5P/c1-3-5-7-8-9-12-18-34-23-25-35(26-24-34)27-28-39(40,32-42)33-45-47(43,46-38-21-15-11-16-22-38)41-37(31-44-29-17-6-4-2)30-36-19-13-10-14-20-36/h10-11,13-16,19-26,37,42H,3-9,12,17-18,27-33,40H2,1-2H3,(H,41,43)/t37-,39?,47?/m0/s1. The van der Waals surface area contributed by atoms with Crippen LogP contribution in [0.5, 0.6) is 5.75 Å². The van der Waals surface area contributed by atoms with Gasteiger partial charge in [-0.3, -0.25) is 4.52 Å². The smallest absolute Gasteiger partial charge is 0.413 e. The van der Waals surface area contributed by atoms with E-state index >= 15 is 0 Å². The molecule has 0 spiro atoms. The molecular weight excluding hydrogens is 607 g/mol. The van der Waals surface area contributed by atoms with Gasteiger partial charge in [-0.25, -0.2) is 9.65 Å². The number of aliphatic hydroxyl groups is 1. The van der Waals surface area contributed by atoms with Crippen LogP contribution in [0.15, 0.2) is 84.9 Å². The Bertz CT molecular complexity index is 1260. The fourth-order valence-corrected chi connectivity index (χ4v) is 7.06. The first kappa shape index (κ1) is 38.9. The highest BCUT2D eigenvalue weighted by atomic mass is 31.2. The summed E-state index contributed by atoms with van der Waals surface area (Å²) >= 11 is 0. The lowest BCUT2D eigenvalue weighted by atomic mass is 9.93. The number of ether oxygens (including phenoxy) is 1. The van der Waals surface area contributed by atoms with Crippen molar-refractivity contribution in [3.8, 4) is 5.75 Å². The Morgan fingerprint density at radius 3 is 2.02 bits per heavy atom. The first-order valence-electron chi connectivity index (χ1n) is 17.7. The summed E-state index contributed by atoms with van der Waals surface area (Å²) in [5.41, 5.74) is 9.12. The maximum absolute atomic E-state index is 14.4. The van der Waals surface area contributed by atoms with Crippen LogP contribution in [-0.4, -0.2) is 43.1 Å². The van der Waals surface area contributed by atoms with Crippen LogP contribution in [-0.2, 0) is 33.1 Å². The summed E-state index contributed by atoms with van der Waals surface area (Å²) in [5, 5.41) is 13.5. The number of hydrogen-bond acceptors (Lipinski definition) is 6. The van der Waals surface area contributed by atoms with Crippen molar-refractivity contribution in [3.63, 3.8) is 0 Å². The van der Waals surface area contributed by atoms with Crippen molar-refractivity contribution >= 4 is 7.75 Å². The monoisotopic (exact) mass is 666 g/mol. The number of aliphatic hydroxyl groups excluding tert-OH is 1. The van der Waals surface area contributed by atoms with Crippen molar-refractivity contribution in [2.45, 2.75) is 109 Å². The number of rotatable bonds is 26. The highest BCUT2D eigenvalue weighted by Gasteiger charge is 2.35. The zero-order valence-corrected chi connectivity index (χ0v) is 29.7. The SMILES string of the molecule is CCCCCCCCc1ccc(CCC(N)(CO)COP(=O)(N[C@H](COCCCCC)Cc2ccccc2)Oc2ccccc2)cc1. The summed E-state index contributed by atoms with van der Waals surface area (Å²) in [6, 6.07) is 27.3. The molecule has 3 rings (SSSR count). The molecule has 7 nitrogen and oxygen atoms in total. The lowest BCUT2D eigenvalue weighted by Gasteiger charge is -2.31. The van der Waals surface area contributed by atoms with Crippen molar-refractivity contribution in [1.29, 1.82) is 0 Å². The van der Waals surface area contributed by atoms with E-state index in [1.165, 1.54) is 44.1 Å². The van der Waals surface area contributed by atoms with E-state index in [-0.39, 0.29) is 19.3 Å². The molecule has 0 bridgehead atoms. The lowest BCUT2D eigenvalue weighted by molar-refractivity contribution is 0.101.